The highest BCUT2D eigenvalue weighted by atomic mass is 16.5. The largest absolute Gasteiger partial charge is 0.374 e. The molecule has 140 valence electrons. The summed E-state index contributed by atoms with van der Waals surface area (Å²) < 4.78 is 5.84. The first-order chi connectivity index (χ1) is 12.4. The summed E-state index contributed by atoms with van der Waals surface area (Å²) >= 11 is 0. The lowest BCUT2D eigenvalue weighted by molar-refractivity contribution is -0.115. The van der Waals surface area contributed by atoms with Crippen LogP contribution in [0.4, 0.5) is 11.4 Å². The van der Waals surface area contributed by atoms with Crippen molar-refractivity contribution in [2.75, 3.05) is 23.8 Å². The molecule has 2 aliphatic rings. The third-order valence-corrected chi connectivity index (χ3v) is 4.81. The first-order valence-corrected chi connectivity index (χ1v) is 9.07. The number of nitrogens with zero attached hydrogens (tertiary/aromatic N) is 1. The van der Waals surface area contributed by atoms with Crippen molar-refractivity contribution in [1.82, 2.24) is 4.90 Å². The van der Waals surface area contributed by atoms with Crippen LogP contribution < -0.4 is 10.6 Å². The van der Waals surface area contributed by atoms with Crippen LogP contribution in [0, 0.1) is 0 Å². The normalized spacial score (nSPS) is 22.3. The molecule has 3 rings (SSSR count). The summed E-state index contributed by atoms with van der Waals surface area (Å²) in [5.74, 6) is -0.562. The van der Waals surface area contributed by atoms with Gasteiger partial charge in [0.25, 0.3) is 5.91 Å². The second-order valence-electron chi connectivity index (χ2n) is 6.92. The molecule has 0 unspecified atom stereocenters. The van der Waals surface area contributed by atoms with Gasteiger partial charge in [-0.15, -0.1) is 0 Å². The van der Waals surface area contributed by atoms with E-state index in [0.717, 1.165) is 25.7 Å². The highest BCUT2D eigenvalue weighted by Gasteiger charge is 2.37. The maximum Gasteiger partial charge on any atom is 0.254 e. The zero-order chi connectivity index (χ0) is 18.7. The van der Waals surface area contributed by atoms with Gasteiger partial charge in [0, 0.05) is 37.3 Å². The van der Waals surface area contributed by atoms with Crippen molar-refractivity contribution in [2.24, 2.45) is 0 Å². The average Bonchev–Trinajstić information content (AvgIpc) is 2.59. The number of morpholine rings is 1. The molecule has 7 heteroatoms. The van der Waals surface area contributed by atoms with Crippen molar-refractivity contribution in [2.45, 2.75) is 51.7 Å². The van der Waals surface area contributed by atoms with Crippen molar-refractivity contribution >= 4 is 29.1 Å². The van der Waals surface area contributed by atoms with E-state index in [1.165, 1.54) is 13.8 Å². The number of anilines is 2. The lowest BCUT2D eigenvalue weighted by Crippen LogP contribution is -2.54. The number of carbonyl (C=O) groups excluding carboxylic acids is 3. The second kappa shape index (κ2) is 7.86. The van der Waals surface area contributed by atoms with Crippen LogP contribution in [0.5, 0.6) is 0 Å². The van der Waals surface area contributed by atoms with Gasteiger partial charge in [-0.2, -0.15) is 0 Å². The Balaban J connectivity index is 1.89. The number of hydrogen-bond donors (Lipinski definition) is 2. The second-order valence-corrected chi connectivity index (χ2v) is 6.92. The standard InChI is InChI=1S/C19H25N3O4/c1-12(23)20-15-9-14(10-16(11-15)21-13(2)24)19(25)22-7-8-26-18-6-4-3-5-17(18)22/h9-11,17-18H,3-8H2,1-2H3,(H,20,23)(H,21,24)/t17-,18+/m1/s1. The van der Waals surface area contributed by atoms with Crippen molar-refractivity contribution in [3.05, 3.63) is 23.8 Å². The van der Waals surface area contributed by atoms with E-state index in [-0.39, 0.29) is 29.9 Å². The van der Waals surface area contributed by atoms with E-state index in [1.807, 2.05) is 4.90 Å². The maximum atomic E-state index is 13.2. The fourth-order valence-corrected chi connectivity index (χ4v) is 3.82. The van der Waals surface area contributed by atoms with Gasteiger partial charge < -0.3 is 20.3 Å². The summed E-state index contributed by atoms with van der Waals surface area (Å²) in [5.41, 5.74) is 1.42. The highest BCUT2D eigenvalue weighted by Crippen LogP contribution is 2.30. The summed E-state index contributed by atoms with van der Waals surface area (Å²) in [7, 11) is 0. The fourth-order valence-electron chi connectivity index (χ4n) is 3.82. The average molecular weight is 359 g/mol. The molecule has 1 saturated carbocycles. The van der Waals surface area contributed by atoms with Crippen LogP contribution in [-0.4, -0.2) is 47.9 Å². The lowest BCUT2D eigenvalue weighted by Gasteiger charge is -2.43. The summed E-state index contributed by atoms with van der Waals surface area (Å²) in [6.45, 7) is 3.90. The SMILES string of the molecule is CC(=O)Nc1cc(NC(C)=O)cc(C(=O)N2CCO[C@H]3CCCC[C@H]32)c1. The number of ether oxygens (including phenoxy) is 1. The number of nitrogens with one attached hydrogen (secondary N) is 2. The van der Waals surface area contributed by atoms with Crippen LogP contribution in [0.3, 0.4) is 0 Å². The molecule has 7 nitrogen and oxygen atoms in total. The van der Waals surface area contributed by atoms with Gasteiger partial charge in [-0.3, -0.25) is 14.4 Å². The van der Waals surface area contributed by atoms with Gasteiger partial charge in [0.15, 0.2) is 0 Å². The Bertz CT molecular complexity index is 682. The van der Waals surface area contributed by atoms with E-state index in [4.69, 9.17) is 4.74 Å². The van der Waals surface area contributed by atoms with Gasteiger partial charge in [-0.25, -0.2) is 0 Å². The molecule has 0 aromatic heterocycles. The first-order valence-electron chi connectivity index (χ1n) is 9.07. The fraction of sp³-hybridized carbons (Fsp3) is 0.526. The summed E-state index contributed by atoms with van der Waals surface area (Å²) in [6, 6.07) is 5.05. The zero-order valence-corrected chi connectivity index (χ0v) is 15.2. The monoisotopic (exact) mass is 359 g/mol. The van der Waals surface area contributed by atoms with E-state index in [0.29, 0.717) is 30.1 Å². The van der Waals surface area contributed by atoms with Gasteiger partial charge in [-0.05, 0) is 31.0 Å². The van der Waals surface area contributed by atoms with Crippen LogP contribution in [0.1, 0.15) is 49.9 Å². The molecule has 1 aromatic rings. The minimum atomic E-state index is -0.234. The zero-order valence-electron chi connectivity index (χ0n) is 15.2. The van der Waals surface area contributed by atoms with Crippen molar-refractivity contribution in [1.29, 1.82) is 0 Å². The molecule has 0 spiro atoms. The van der Waals surface area contributed by atoms with Crippen molar-refractivity contribution in [3.63, 3.8) is 0 Å². The Labute approximate surface area is 153 Å². The quantitative estimate of drug-likeness (QED) is 0.867. The number of carbonyl (C=O) groups is 3. The van der Waals surface area contributed by atoms with E-state index >= 15 is 0 Å². The molecule has 2 atom stereocenters. The molecule has 3 amide bonds. The number of hydrogen-bond acceptors (Lipinski definition) is 4. The molecule has 2 fully saturated rings. The van der Waals surface area contributed by atoms with Crippen LogP contribution in [0.25, 0.3) is 0 Å². The van der Waals surface area contributed by atoms with E-state index in [9.17, 15) is 14.4 Å². The third-order valence-electron chi connectivity index (χ3n) is 4.81. The van der Waals surface area contributed by atoms with E-state index in [2.05, 4.69) is 10.6 Å². The molecular formula is C19H25N3O4. The number of amides is 3. The van der Waals surface area contributed by atoms with Gasteiger partial charge >= 0.3 is 0 Å². The molecule has 2 N–H and O–H groups in total. The van der Waals surface area contributed by atoms with Crippen LogP contribution in [0.2, 0.25) is 0 Å². The van der Waals surface area contributed by atoms with Gasteiger partial charge in [0.2, 0.25) is 11.8 Å². The Morgan fingerprint density at radius 2 is 1.62 bits per heavy atom. The first kappa shape index (κ1) is 18.4. The van der Waals surface area contributed by atoms with E-state index < -0.39 is 0 Å². The predicted molar refractivity (Wildman–Crippen MR) is 98.1 cm³/mol. The number of rotatable bonds is 3. The molecular weight excluding hydrogens is 334 g/mol. The maximum absolute atomic E-state index is 13.2. The summed E-state index contributed by atoms with van der Waals surface area (Å²) in [5, 5.41) is 5.37. The Hall–Kier alpha value is -2.41. The van der Waals surface area contributed by atoms with Crippen molar-refractivity contribution < 1.29 is 19.1 Å². The van der Waals surface area contributed by atoms with Crippen LogP contribution in [-0.2, 0) is 14.3 Å². The van der Waals surface area contributed by atoms with Crippen molar-refractivity contribution in [3.8, 4) is 0 Å². The molecule has 1 heterocycles. The molecule has 26 heavy (non-hydrogen) atoms. The third kappa shape index (κ3) is 4.22. The Morgan fingerprint density at radius 3 is 2.23 bits per heavy atom. The summed E-state index contributed by atoms with van der Waals surface area (Å²) in [4.78, 5) is 37.9. The topological polar surface area (TPSA) is 87.7 Å². The van der Waals surface area contributed by atoms with Gasteiger partial charge in [0.1, 0.15) is 0 Å². The van der Waals surface area contributed by atoms with Gasteiger partial charge in [-0.1, -0.05) is 12.8 Å². The highest BCUT2D eigenvalue weighted by molar-refractivity contribution is 6.00. The van der Waals surface area contributed by atoms with Crippen LogP contribution in [0.15, 0.2) is 18.2 Å². The minimum Gasteiger partial charge on any atom is -0.374 e. The molecule has 1 aliphatic carbocycles. The Morgan fingerprint density at radius 1 is 1.00 bits per heavy atom. The molecule has 1 saturated heterocycles. The van der Waals surface area contributed by atoms with E-state index in [1.54, 1.807) is 18.2 Å². The predicted octanol–water partition coefficient (Wildman–Crippen LogP) is 2.39. The smallest absolute Gasteiger partial charge is 0.254 e. The molecule has 0 bridgehead atoms. The molecule has 1 aliphatic heterocycles. The Kier molecular flexibility index (Phi) is 5.56. The minimum absolute atomic E-state index is 0.0935. The summed E-state index contributed by atoms with van der Waals surface area (Å²) in [6.07, 6.45) is 4.26. The lowest BCUT2D eigenvalue weighted by atomic mass is 9.89. The molecule has 0 radical (unpaired) electrons. The number of fused-ring (bicyclic) bond motifs is 1. The van der Waals surface area contributed by atoms with Crippen LogP contribution >= 0.6 is 0 Å². The molecule has 1 aromatic carbocycles. The van der Waals surface area contributed by atoms with Gasteiger partial charge in [0.05, 0.1) is 18.8 Å². The number of benzene rings is 1.